The van der Waals surface area contributed by atoms with Gasteiger partial charge >= 0.3 is 6.18 Å². The van der Waals surface area contributed by atoms with Crippen molar-refractivity contribution in [2.75, 3.05) is 5.73 Å². The molecular formula is C8H7ClF3NO. The van der Waals surface area contributed by atoms with Crippen molar-refractivity contribution in [1.82, 2.24) is 0 Å². The van der Waals surface area contributed by atoms with Gasteiger partial charge in [0.2, 0.25) is 0 Å². The molecule has 2 nitrogen and oxygen atoms in total. The Labute approximate surface area is 83.1 Å². The van der Waals surface area contributed by atoms with E-state index in [0.717, 1.165) is 6.07 Å². The molecular weight excluding hydrogens is 219 g/mol. The van der Waals surface area contributed by atoms with Crippen molar-refractivity contribution < 1.29 is 18.3 Å². The maximum atomic E-state index is 12.3. The van der Waals surface area contributed by atoms with E-state index in [2.05, 4.69) is 0 Å². The molecule has 14 heavy (non-hydrogen) atoms. The van der Waals surface area contributed by atoms with Gasteiger partial charge in [0.1, 0.15) is 0 Å². The number of rotatable bonds is 1. The molecule has 0 bridgehead atoms. The average Bonchev–Trinajstić information content (AvgIpc) is 2.06. The monoisotopic (exact) mass is 225 g/mol. The van der Waals surface area contributed by atoms with Crippen LogP contribution < -0.4 is 5.73 Å². The molecule has 0 saturated carbocycles. The summed E-state index contributed by atoms with van der Waals surface area (Å²) in [5.41, 5.74) is 3.69. The van der Waals surface area contributed by atoms with Crippen LogP contribution in [0.2, 0.25) is 5.02 Å². The molecule has 0 aliphatic carbocycles. The standard InChI is InChI=1S/C8H7ClF3NO/c9-5-1-4(3-14)7(13)6(2-5)8(10,11)12/h1-2,14H,3,13H2. The number of nitrogens with two attached hydrogens (primary N) is 1. The minimum absolute atomic E-state index is 0.0233. The van der Waals surface area contributed by atoms with Crippen LogP contribution in [0, 0.1) is 0 Å². The molecule has 0 heterocycles. The van der Waals surface area contributed by atoms with Crippen molar-refractivity contribution in [2.24, 2.45) is 0 Å². The highest BCUT2D eigenvalue weighted by atomic mass is 35.5. The van der Waals surface area contributed by atoms with Gasteiger partial charge in [-0.25, -0.2) is 0 Å². The van der Waals surface area contributed by atoms with Crippen molar-refractivity contribution >= 4 is 17.3 Å². The van der Waals surface area contributed by atoms with E-state index in [-0.39, 0.29) is 10.6 Å². The van der Waals surface area contributed by atoms with Crippen LogP contribution in [-0.2, 0) is 12.8 Å². The average molecular weight is 226 g/mol. The van der Waals surface area contributed by atoms with E-state index < -0.39 is 24.0 Å². The van der Waals surface area contributed by atoms with E-state index in [9.17, 15) is 13.2 Å². The Kier molecular flexibility index (Phi) is 2.92. The number of benzene rings is 1. The number of nitrogen functional groups attached to an aromatic ring is 1. The van der Waals surface area contributed by atoms with E-state index in [1.54, 1.807) is 0 Å². The molecule has 0 radical (unpaired) electrons. The molecule has 0 atom stereocenters. The number of halogens is 4. The van der Waals surface area contributed by atoms with Crippen LogP contribution in [0.1, 0.15) is 11.1 Å². The zero-order valence-electron chi connectivity index (χ0n) is 6.90. The SMILES string of the molecule is Nc1c(CO)cc(Cl)cc1C(F)(F)F. The number of hydrogen-bond acceptors (Lipinski definition) is 2. The summed E-state index contributed by atoms with van der Waals surface area (Å²) in [6, 6.07) is 1.93. The zero-order chi connectivity index (χ0) is 10.9. The van der Waals surface area contributed by atoms with E-state index in [1.807, 2.05) is 0 Å². The van der Waals surface area contributed by atoms with Crippen molar-refractivity contribution in [3.8, 4) is 0 Å². The van der Waals surface area contributed by atoms with Gasteiger partial charge in [0, 0.05) is 16.3 Å². The molecule has 0 fully saturated rings. The Bertz CT molecular complexity index is 351. The highest BCUT2D eigenvalue weighted by Crippen LogP contribution is 2.37. The lowest BCUT2D eigenvalue weighted by molar-refractivity contribution is -0.136. The molecule has 1 aromatic carbocycles. The van der Waals surface area contributed by atoms with Gasteiger partial charge in [-0.2, -0.15) is 13.2 Å². The Morgan fingerprint density at radius 2 is 1.93 bits per heavy atom. The second kappa shape index (κ2) is 3.67. The number of hydrogen-bond donors (Lipinski definition) is 2. The lowest BCUT2D eigenvalue weighted by atomic mass is 10.1. The lowest BCUT2D eigenvalue weighted by Gasteiger charge is -2.13. The first-order chi connectivity index (χ1) is 6.36. The van der Waals surface area contributed by atoms with E-state index >= 15 is 0 Å². The smallest absolute Gasteiger partial charge is 0.398 e. The Balaban J connectivity index is 3.37. The Hall–Kier alpha value is -0.940. The number of alkyl halides is 3. The van der Waals surface area contributed by atoms with Gasteiger partial charge in [0.15, 0.2) is 0 Å². The van der Waals surface area contributed by atoms with Crippen LogP contribution in [0.3, 0.4) is 0 Å². The highest BCUT2D eigenvalue weighted by molar-refractivity contribution is 6.30. The fraction of sp³-hybridized carbons (Fsp3) is 0.250. The molecule has 6 heteroatoms. The summed E-state index contributed by atoms with van der Waals surface area (Å²) in [4.78, 5) is 0. The normalized spacial score (nSPS) is 11.8. The minimum atomic E-state index is -4.56. The van der Waals surface area contributed by atoms with E-state index in [0.29, 0.717) is 0 Å². The summed E-state index contributed by atoms with van der Waals surface area (Å²) < 4.78 is 37.0. The molecule has 0 unspecified atom stereocenters. The molecule has 3 N–H and O–H groups in total. The molecule has 0 saturated heterocycles. The number of aliphatic hydroxyl groups excluding tert-OH is 1. The van der Waals surface area contributed by atoms with E-state index in [4.69, 9.17) is 22.4 Å². The second-order valence-corrected chi connectivity index (χ2v) is 3.12. The fourth-order valence-electron chi connectivity index (χ4n) is 1.04. The third-order valence-corrected chi connectivity index (χ3v) is 1.92. The van der Waals surface area contributed by atoms with Crippen LogP contribution in [0.25, 0.3) is 0 Å². The van der Waals surface area contributed by atoms with Crippen molar-refractivity contribution in [3.63, 3.8) is 0 Å². The summed E-state index contributed by atoms with van der Waals surface area (Å²) in [6.07, 6.45) is -4.56. The van der Waals surface area contributed by atoms with Gasteiger partial charge in [0.05, 0.1) is 12.2 Å². The quantitative estimate of drug-likeness (QED) is 0.721. The third-order valence-electron chi connectivity index (χ3n) is 1.71. The fourth-order valence-corrected chi connectivity index (χ4v) is 1.28. The van der Waals surface area contributed by atoms with Crippen molar-refractivity contribution in [2.45, 2.75) is 12.8 Å². The van der Waals surface area contributed by atoms with Gasteiger partial charge in [-0.15, -0.1) is 0 Å². The predicted molar refractivity (Wildman–Crippen MR) is 46.8 cm³/mol. The molecule has 0 spiro atoms. The first-order valence-electron chi connectivity index (χ1n) is 3.62. The molecule has 0 aliphatic rings. The molecule has 1 aromatic rings. The second-order valence-electron chi connectivity index (χ2n) is 2.68. The van der Waals surface area contributed by atoms with Crippen LogP contribution in [-0.4, -0.2) is 5.11 Å². The molecule has 1 rings (SSSR count). The predicted octanol–water partition coefficient (Wildman–Crippen LogP) is 2.43. The van der Waals surface area contributed by atoms with Crippen LogP contribution in [0.15, 0.2) is 12.1 Å². The topological polar surface area (TPSA) is 46.2 Å². The highest BCUT2D eigenvalue weighted by Gasteiger charge is 2.34. The maximum Gasteiger partial charge on any atom is 0.418 e. The lowest BCUT2D eigenvalue weighted by Crippen LogP contribution is -2.11. The summed E-state index contributed by atoms with van der Waals surface area (Å²) in [6.45, 7) is -0.574. The van der Waals surface area contributed by atoms with Crippen LogP contribution in [0.5, 0.6) is 0 Å². The maximum absolute atomic E-state index is 12.3. The number of anilines is 1. The molecule has 0 aromatic heterocycles. The van der Waals surface area contributed by atoms with E-state index in [1.165, 1.54) is 6.07 Å². The largest absolute Gasteiger partial charge is 0.418 e. The summed E-state index contributed by atoms with van der Waals surface area (Å²) >= 11 is 5.44. The van der Waals surface area contributed by atoms with Gasteiger partial charge < -0.3 is 10.8 Å². The molecule has 0 aliphatic heterocycles. The Morgan fingerprint density at radius 1 is 1.36 bits per heavy atom. The summed E-state index contributed by atoms with van der Waals surface area (Å²) in [7, 11) is 0. The van der Waals surface area contributed by atoms with Crippen LogP contribution >= 0.6 is 11.6 Å². The minimum Gasteiger partial charge on any atom is -0.398 e. The van der Waals surface area contributed by atoms with Crippen molar-refractivity contribution in [3.05, 3.63) is 28.3 Å². The summed E-state index contributed by atoms with van der Waals surface area (Å²) in [5, 5.41) is 8.63. The summed E-state index contributed by atoms with van der Waals surface area (Å²) in [5.74, 6) is 0. The zero-order valence-corrected chi connectivity index (χ0v) is 7.65. The molecule has 0 amide bonds. The molecule has 78 valence electrons. The first-order valence-corrected chi connectivity index (χ1v) is 4.00. The number of aliphatic hydroxyl groups is 1. The first kappa shape index (κ1) is 11.1. The van der Waals surface area contributed by atoms with Gasteiger partial charge in [0.25, 0.3) is 0 Å². The van der Waals surface area contributed by atoms with Crippen molar-refractivity contribution in [1.29, 1.82) is 0 Å². The van der Waals surface area contributed by atoms with Gasteiger partial charge in [-0.1, -0.05) is 11.6 Å². The Morgan fingerprint density at radius 3 is 2.36 bits per heavy atom. The van der Waals surface area contributed by atoms with Gasteiger partial charge in [-0.3, -0.25) is 0 Å². The van der Waals surface area contributed by atoms with Gasteiger partial charge in [-0.05, 0) is 12.1 Å². The van der Waals surface area contributed by atoms with Crippen LogP contribution in [0.4, 0.5) is 18.9 Å². The third kappa shape index (κ3) is 2.10.